The minimum absolute atomic E-state index is 0.0686. The highest BCUT2D eigenvalue weighted by atomic mass is 35.5. The Morgan fingerprint density at radius 1 is 1.00 bits per heavy atom. The fourth-order valence-electron chi connectivity index (χ4n) is 1.93. The lowest BCUT2D eigenvalue weighted by molar-refractivity contribution is -0.136. The summed E-state index contributed by atoms with van der Waals surface area (Å²) in [7, 11) is 0. The molecule has 0 aromatic heterocycles. The number of carboxylic acids is 1. The van der Waals surface area contributed by atoms with Gasteiger partial charge in [-0.1, -0.05) is 35.9 Å². The second kappa shape index (κ2) is 6.90. The van der Waals surface area contributed by atoms with Gasteiger partial charge < -0.3 is 10.4 Å². The smallest absolute Gasteiger partial charge is 0.307 e. The number of carbonyl (C=O) groups excluding carboxylic acids is 1. The van der Waals surface area contributed by atoms with E-state index >= 15 is 0 Å². The molecule has 5 heteroatoms. The van der Waals surface area contributed by atoms with Gasteiger partial charge >= 0.3 is 5.97 Å². The monoisotopic (exact) mass is 303 g/mol. The van der Waals surface area contributed by atoms with Gasteiger partial charge in [0.2, 0.25) is 5.91 Å². The zero-order valence-corrected chi connectivity index (χ0v) is 11.9. The van der Waals surface area contributed by atoms with Crippen molar-refractivity contribution in [1.29, 1.82) is 0 Å². The first kappa shape index (κ1) is 15.1. The SMILES string of the molecule is O=C(O)Cc1cccc(NC(=O)Cc2ccc(Cl)cc2)c1. The van der Waals surface area contributed by atoms with Crippen LogP contribution in [0, 0.1) is 0 Å². The van der Waals surface area contributed by atoms with Crippen molar-refractivity contribution in [2.24, 2.45) is 0 Å². The second-order valence-electron chi connectivity index (χ2n) is 4.62. The van der Waals surface area contributed by atoms with E-state index in [9.17, 15) is 9.59 Å². The van der Waals surface area contributed by atoms with Crippen molar-refractivity contribution in [3.05, 3.63) is 64.7 Å². The predicted octanol–water partition coefficient (Wildman–Crippen LogP) is 3.15. The van der Waals surface area contributed by atoms with Gasteiger partial charge in [-0.05, 0) is 35.4 Å². The molecule has 0 saturated heterocycles. The Morgan fingerprint density at radius 3 is 2.38 bits per heavy atom. The number of hydrogen-bond acceptors (Lipinski definition) is 2. The summed E-state index contributed by atoms with van der Waals surface area (Å²) in [5.74, 6) is -1.07. The van der Waals surface area contributed by atoms with Gasteiger partial charge in [-0.2, -0.15) is 0 Å². The Hall–Kier alpha value is -2.33. The van der Waals surface area contributed by atoms with Crippen LogP contribution in [-0.4, -0.2) is 17.0 Å². The van der Waals surface area contributed by atoms with E-state index in [2.05, 4.69) is 5.32 Å². The molecule has 2 N–H and O–H groups in total. The molecule has 0 radical (unpaired) electrons. The van der Waals surface area contributed by atoms with E-state index in [1.807, 2.05) is 0 Å². The van der Waals surface area contributed by atoms with Crippen molar-refractivity contribution in [1.82, 2.24) is 0 Å². The van der Waals surface area contributed by atoms with Crippen molar-refractivity contribution < 1.29 is 14.7 Å². The molecule has 0 heterocycles. The molecule has 4 nitrogen and oxygen atoms in total. The van der Waals surface area contributed by atoms with E-state index < -0.39 is 5.97 Å². The largest absolute Gasteiger partial charge is 0.481 e. The van der Waals surface area contributed by atoms with E-state index in [1.165, 1.54) is 0 Å². The van der Waals surface area contributed by atoms with Crippen LogP contribution in [0.5, 0.6) is 0 Å². The summed E-state index contributed by atoms with van der Waals surface area (Å²) in [5, 5.41) is 12.1. The lowest BCUT2D eigenvalue weighted by Gasteiger charge is -2.07. The summed E-state index contributed by atoms with van der Waals surface area (Å²) >= 11 is 5.79. The molecule has 1 amide bonds. The Kier molecular flexibility index (Phi) is 4.95. The highest BCUT2D eigenvalue weighted by molar-refractivity contribution is 6.30. The van der Waals surface area contributed by atoms with Crippen molar-refractivity contribution >= 4 is 29.2 Å². The lowest BCUT2D eigenvalue weighted by atomic mass is 10.1. The van der Waals surface area contributed by atoms with Gasteiger partial charge in [0, 0.05) is 10.7 Å². The van der Waals surface area contributed by atoms with E-state index in [4.69, 9.17) is 16.7 Å². The molecule has 0 aliphatic rings. The molecule has 21 heavy (non-hydrogen) atoms. The van der Waals surface area contributed by atoms with Crippen LogP contribution < -0.4 is 5.32 Å². The summed E-state index contributed by atoms with van der Waals surface area (Å²) in [6, 6.07) is 13.9. The van der Waals surface area contributed by atoms with Gasteiger partial charge in [0.15, 0.2) is 0 Å². The molecule has 0 fully saturated rings. The number of benzene rings is 2. The molecule has 2 rings (SSSR count). The molecule has 0 aliphatic heterocycles. The summed E-state index contributed by atoms with van der Waals surface area (Å²) in [6.45, 7) is 0. The quantitative estimate of drug-likeness (QED) is 0.891. The fraction of sp³-hybridized carbons (Fsp3) is 0.125. The van der Waals surface area contributed by atoms with Crippen LogP contribution in [0.25, 0.3) is 0 Å². The number of amides is 1. The second-order valence-corrected chi connectivity index (χ2v) is 5.06. The number of rotatable bonds is 5. The number of halogens is 1. The van der Waals surface area contributed by atoms with Gasteiger partial charge in [0.1, 0.15) is 0 Å². The normalized spacial score (nSPS) is 10.1. The molecule has 0 aliphatic carbocycles. The van der Waals surface area contributed by atoms with Crippen LogP contribution in [0.1, 0.15) is 11.1 Å². The predicted molar refractivity (Wildman–Crippen MR) is 81.6 cm³/mol. The molecule has 0 bridgehead atoms. The highest BCUT2D eigenvalue weighted by Crippen LogP contribution is 2.13. The first-order valence-corrected chi connectivity index (χ1v) is 6.76. The Bertz CT molecular complexity index is 653. The van der Waals surface area contributed by atoms with Crippen LogP contribution in [0.15, 0.2) is 48.5 Å². The van der Waals surface area contributed by atoms with Gasteiger partial charge in [0.05, 0.1) is 12.8 Å². The van der Waals surface area contributed by atoms with E-state index in [1.54, 1.807) is 48.5 Å². The molecular weight excluding hydrogens is 290 g/mol. The molecular formula is C16H14ClNO3. The number of carboxylic acid groups (broad SMARTS) is 1. The third-order valence-electron chi connectivity index (χ3n) is 2.84. The Balaban J connectivity index is 1.99. The van der Waals surface area contributed by atoms with Crippen LogP contribution in [0.4, 0.5) is 5.69 Å². The van der Waals surface area contributed by atoms with Crippen molar-refractivity contribution in [2.45, 2.75) is 12.8 Å². The van der Waals surface area contributed by atoms with Crippen LogP contribution >= 0.6 is 11.6 Å². The standard InChI is InChI=1S/C16H14ClNO3/c17-13-6-4-11(5-7-13)9-15(19)18-14-3-1-2-12(8-14)10-16(20)21/h1-8H,9-10H2,(H,18,19)(H,20,21). The van der Waals surface area contributed by atoms with E-state index in [0.717, 1.165) is 5.56 Å². The molecule has 0 spiro atoms. The minimum atomic E-state index is -0.903. The average molecular weight is 304 g/mol. The third-order valence-corrected chi connectivity index (χ3v) is 3.10. The maximum atomic E-state index is 11.9. The number of carbonyl (C=O) groups is 2. The number of aliphatic carboxylic acids is 1. The maximum absolute atomic E-state index is 11.9. The summed E-state index contributed by atoms with van der Waals surface area (Å²) in [4.78, 5) is 22.6. The van der Waals surface area contributed by atoms with Crippen molar-refractivity contribution in [3.8, 4) is 0 Å². The van der Waals surface area contributed by atoms with Gasteiger partial charge in [-0.15, -0.1) is 0 Å². The van der Waals surface area contributed by atoms with E-state index in [0.29, 0.717) is 16.3 Å². The van der Waals surface area contributed by atoms with Crippen LogP contribution in [0.3, 0.4) is 0 Å². The molecule has 0 unspecified atom stereocenters. The van der Waals surface area contributed by atoms with Gasteiger partial charge in [-0.25, -0.2) is 0 Å². The molecule has 2 aromatic carbocycles. The van der Waals surface area contributed by atoms with Gasteiger partial charge in [0.25, 0.3) is 0 Å². The van der Waals surface area contributed by atoms with Crippen molar-refractivity contribution in [3.63, 3.8) is 0 Å². The zero-order chi connectivity index (χ0) is 15.2. The number of hydrogen-bond donors (Lipinski definition) is 2. The minimum Gasteiger partial charge on any atom is -0.481 e. The molecule has 0 atom stereocenters. The topological polar surface area (TPSA) is 66.4 Å². The molecule has 0 saturated carbocycles. The molecule has 108 valence electrons. The fourth-order valence-corrected chi connectivity index (χ4v) is 2.05. The first-order chi connectivity index (χ1) is 10.0. The van der Waals surface area contributed by atoms with Crippen LogP contribution in [-0.2, 0) is 22.4 Å². The summed E-state index contributed by atoms with van der Waals surface area (Å²) in [5.41, 5.74) is 2.10. The van der Waals surface area contributed by atoms with Crippen molar-refractivity contribution in [2.75, 3.05) is 5.32 Å². The summed E-state index contributed by atoms with van der Waals surface area (Å²) in [6.07, 6.45) is 0.168. The Morgan fingerprint density at radius 2 is 1.71 bits per heavy atom. The highest BCUT2D eigenvalue weighted by Gasteiger charge is 2.06. The van der Waals surface area contributed by atoms with Crippen LogP contribution in [0.2, 0.25) is 5.02 Å². The van der Waals surface area contributed by atoms with Gasteiger partial charge in [-0.3, -0.25) is 9.59 Å². The first-order valence-electron chi connectivity index (χ1n) is 6.38. The number of anilines is 1. The third kappa shape index (κ3) is 4.93. The summed E-state index contributed by atoms with van der Waals surface area (Å²) < 4.78 is 0. The maximum Gasteiger partial charge on any atom is 0.307 e. The number of nitrogens with one attached hydrogen (secondary N) is 1. The average Bonchev–Trinajstić information content (AvgIpc) is 2.41. The van der Waals surface area contributed by atoms with E-state index in [-0.39, 0.29) is 18.7 Å². The molecule has 2 aromatic rings. The Labute approximate surface area is 127 Å². The lowest BCUT2D eigenvalue weighted by Crippen LogP contribution is -2.14. The zero-order valence-electron chi connectivity index (χ0n) is 11.2.